The summed E-state index contributed by atoms with van der Waals surface area (Å²) in [6, 6.07) is 1.69. The summed E-state index contributed by atoms with van der Waals surface area (Å²) in [6.45, 7) is 1.43. The standard InChI is InChI=1S/C8H9Cl2N3OS/c9-7-5-6(8(10)12-11-7)13-1-3-15(14)4-2-13/h5H,1-4H2. The average Bonchev–Trinajstić information content (AvgIpc) is 2.23. The highest BCUT2D eigenvalue weighted by atomic mass is 35.5. The van der Waals surface area contributed by atoms with Crippen molar-refractivity contribution in [1.29, 1.82) is 0 Å². The van der Waals surface area contributed by atoms with E-state index in [4.69, 9.17) is 23.2 Å². The van der Waals surface area contributed by atoms with Gasteiger partial charge in [0.05, 0.1) is 5.69 Å². The Morgan fingerprint density at radius 3 is 2.60 bits per heavy atom. The molecule has 0 aliphatic carbocycles. The number of hydrogen-bond acceptors (Lipinski definition) is 4. The first kappa shape index (κ1) is 11.1. The molecule has 0 bridgehead atoms. The first-order chi connectivity index (χ1) is 7.16. The fraction of sp³-hybridized carbons (Fsp3) is 0.500. The molecule has 2 rings (SSSR count). The minimum Gasteiger partial charge on any atom is -0.367 e. The van der Waals surface area contributed by atoms with Crippen LogP contribution >= 0.6 is 23.2 Å². The largest absolute Gasteiger partial charge is 0.367 e. The topological polar surface area (TPSA) is 46.1 Å². The van der Waals surface area contributed by atoms with Gasteiger partial charge < -0.3 is 4.90 Å². The number of anilines is 1. The van der Waals surface area contributed by atoms with Gasteiger partial charge in [-0.1, -0.05) is 23.2 Å². The lowest BCUT2D eigenvalue weighted by atomic mass is 10.4. The fourth-order valence-corrected chi connectivity index (χ4v) is 2.85. The van der Waals surface area contributed by atoms with Gasteiger partial charge in [-0.3, -0.25) is 4.21 Å². The summed E-state index contributed by atoms with van der Waals surface area (Å²) in [5.41, 5.74) is 0.772. The highest BCUT2D eigenvalue weighted by Crippen LogP contribution is 2.25. The number of halogens is 2. The Morgan fingerprint density at radius 2 is 1.93 bits per heavy atom. The molecule has 1 aliphatic heterocycles. The van der Waals surface area contributed by atoms with Crippen molar-refractivity contribution >= 4 is 39.7 Å². The third kappa shape index (κ3) is 2.59. The number of nitrogens with zero attached hydrogens (tertiary/aromatic N) is 3. The summed E-state index contributed by atoms with van der Waals surface area (Å²) >= 11 is 11.7. The van der Waals surface area contributed by atoms with E-state index < -0.39 is 10.8 Å². The van der Waals surface area contributed by atoms with Crippen molar-refractivity contribution < 1.29 is 4.21 Å². The average molecular weight is 266 g/mol. The van der Waals surface area contributed by atoms with Gasteiger partial charge in [0.15, 0.2) is 10.3 Å². The lowest BCUT2D eigenvalue weighted by molar-refractivity contribution is 0.673. The van der Waals surface area contributed by atoms with Gasteiger partial charge in [-0.05, 0) is 0 Å². The number of hydrogen-bond donors (Lipinski definition) is 0. The lowest BCUT2D eigenvalue weighted by Crippen LogP contribution is -2.38. The predicted molar refractivity (Wildman–Crippen MR) is 62.1 cm³/mol. The van der Waals surface area contributed by atoms with Crippen LogP contribution in [-0.4, -0.2) is 39.0 Å². The van der Waals surface area contributed by atoms with E-state index in [-0.39, 0.29) is 0 Å². The highest BCUT2D eigenvalue weighted by Gasteiger charge is 2.18. The molecule has 4 nitrogen and oxygen atoms in total. The van der Waals surface area contributed by atoms with Gasteiger partial charge in [-0.25, -0.2) is 0 Å². The van der Waals surface area contributed by atoms with Crippen LogP contribution in [0.25, 0.3) is 0 Å². The predicted octanol–water partition coefficient (Wildman–Crippen LogP) is 1.35. The summed E-state index contributed by atoms with van der Waals surface area (Å²) < 4.78 is 11.2. The highest BCUT2D eigenvalue weighted by molar-refractivity contribution is 7.85. The molecule has 1 fully saturated rings. The molecule has 1 aliphatic rings. The fourth-order valence-electron chi connectivity index (χ4n) is 1.44. The molecule has 0 atom stereocenters. The van der Waals surface area contributed by atoms with Crippen molar-refractivity contribution in [2.24, 2.45) is 0 Å². The molecule has 0 amide bonds. The molecule has 1 aromatic heterocycles. The van der Waals surface area contributed by atoms with Crippen molar-refractivity contribution in [1.82, 2.24) is 10.2 Å². The first-order valence-electron chi connectivity index (χ1n) is 4.45. The van der Waals surface area contributed by atoms with Crippen LogP contribution in [0.1, 0.15) is 0 Å². The van der Waals surface area contributed by atoms with Crippen molar-refractivity contribution in [3.63, 3.8) is 0 Å². The van der Waals surface area contributed by atoms with Crippen molar-refractivity contribution in [3.8, 4) is 0 Å². The zero-order valence-electron chi connectivity index (χ0n) is 7.82. The normalized spacial score (nSPS) is 18.1. The Bertz CT molecular complexity index is 391. The summed E-state index contributed by atoms with van der Waals surface area (Å²) in [7, 11) is -0.700. The van der Waals surface area contributed by atoms with Crippen LogP contribution in [0.15, 0.2) is 6.07 Å². The molecule has 0 N–H and O–H groups in total. The van der Waals surface area contributed by atoms with Gasteiger partial charge in [0.25, 0.3) is 0 Å². The third-order valence-corrected chi connectivity index (χ3v) is 3.95. The SMILES string of the molecule is O=S1CCN(c2cc(Cl)nnc2Cl)CC1. The van der Waals surface area contributed by atoms with Gasteiger partial charge in [0.1, 0.15) is 0 Å². The number of rotatable bonds is 1. The smallest absolute Gasteiger partial charge is 0.175 e. The Morgan fingerprint density at radius 1 is 1.27 bits per heavy atom. The second kappa shape index (κ2) is 4.63. The van der Waals surface area contributed by atoms with Crippen LogP contribution in [0, 0.1) is 0 Å². The van der Waals surface area contributed by atoms with E-state index in [0.29, 0.717) is 34.9 Å². The van der Waals surface area contributed by atoms with E-state index >= 15 is 0 Å². The van der Waals surface area contributed by atoms with Crippen molar-refractivity contribution in [2.75, 3.05) is 29.5 Å². The Kier molecular flexibility index (Phi) is 3.43. The van der Waals surface area contributed by atoms with E-state index in [1.165, 1.54) is 0 Å². The second-order valence-electron chi connectivity index (χ2n) is 3.18. The summed E-state index contributed by atoms with van der Waals surface area (Å²) in [6.07, 6.45) is 0. The Hall–Kier alpha value is -0.390. The molecule has 7 heteroatoms. The molecule has 0 unspecified atom stereocenters. The maximum Gasteiger partial charge on any atom is 0.175 e. The molecule has 15 heavy (non-hydrogen) atoms. The molecule has 0 saturated carbocycles. The molecular formula is C8H9Cl2N3OS. The maximum atomic E-state index is 11.2. The van der Waals surface area contributed by atoms with Crippen LogP contribution in [0.5, 0.6) is 0 Å². The molecule has 0 aromatic carbocycles. The van der Waals surface area contributed by atoms with E-state index in [1.54, 1.807) is 6.07 Å². The zero-order valence-corrected chi connectivity index (χ0v) is 10.1. The number of aromatic nitrogens is 2. The molecule has 1 aromatic rings. The Labute approximate surface area is 100 Å². The van der Waals surface area contributed by atoms with E-state index in [2.05, 4.69) is 10.2 Å². The van der Waals surface area contributed by atoms with E-state index in [1.807, 2.05) is 4.90 Å². The van der Waals surface area contributed by atoms with Gasteiger partial charge in [0, 0.05) is 41.5 Å². The first-order valence-corrected chi connectivity index (χ1v) is 6.70. The van der Waals surface area contributed by atoms with E-state index in [9.17, 15) is 4.21 Å². The van der Waals surface area contributed by atoms with Gasteiger partial charge in [-0.2, -0.15) is 0 Å². The van der Waals surface area contributed by atoms with Gasteiger partial charge in [0.2, 0.25) is 0 Å². The molecule has 0 spiro atoms. The van der Waals surface area contributed by atoms with Crippen molar-refractivity contribution in [3.05, 3.63) is 16.4 Å². The quantitative estimate of drug-likeness (QED) is 0.769. The van der Waals surface area contributed by atoms with Crippen LogP contribution in [0.2, 0.25) is 10.3 Å². The van der Waals surface area contributed by atoms with Crippen LogP contribution in [0.3, 0.4) is 0 Å². The molecule has 1 saturated heterocycles. The summed E-state index contributed by atoms with van der Waals surface area (Å²) in [5, 5.41) is 8.05. The maximum absolute atomic E-state index is 11.2. The summed E-state index contributed by atoms with van der Waals surface area (Å²) in [5.74, 6) is 1.33. The minimum atomic E-state index is -0.700. The van der Waals surface area contributed by atoms with Gasteiger partial charge in [-0.15, -0.1) is 10.2 Å². The van der Waals surface area contributed by atoms with Crippen molar-refractivity contribution in [2.45, 2.75) is 0 Å². The monoisotopic (exact) mass is 265 g/mol. The van der Waals surface area contributed by atoms with E-state index in [0.717, 1.165) is 5.69 Å². The van der Waals surface area contributed by atoms with Crippen LogP contribution in [-0.2, 0) is 10.8 Å². The van der Waals surface area contributed by atoms with Crippen LogP contribution in [0.4, 0.5) is 5.69 Å². The zero-order chi connectivity index (χ0) is 10.8. The minimum absolute atomic E-state index is 0.320. The lowest BCUT2D eigenvalue weighted by Gasteiger charge is -2.28. The van der Waals surface area contributed by atoms with Gasteiger partial charge >= 0.3 is 0 Å². The molecule has 82 valence electrons. The molecule has 0 radical (unpaired) electrons. The van der Waals surface area contributed by atoms with Crippen LogP contribution < -0.4 is 4.90 Å². The molecular weight excluding hydrogens is 257 g/mol. The third-order valence-electron chi connectivity index (χ3n) is 2.22. The summed E-state index contributed by atoms with van der Waals surface area (Å²) in [4.78, 5) is 2.03. The Balaban J connectivity index is 2.21. The molecule has 2 heterocycles. The second-order valence-corrected chi connectivity index (χ2v) is 5.62.